The second-order valence-electron chi connectivity index (χ2n) is 12.8. The maximum absolute atomic E-state index is 16.8. The van der Waals surface area contributed by atoms with E-state index in [2.05, 4.69) is 20.3 Å². The normalized spacial score (nSPS) is 14.7. The maximum atomic E-state index is 16.8. The Morgan fingerprint density at radius 3 is 2.47 bits per heavy atom. The van der Waals surface area contributed by atoms with Gasteiger partial charge in [-0.05, 0) is 48.7 Å². The number of halogens is 2. The molecule has 0 radical (unpaired) electrons. The van der Waals surface area contributed by atoms with Gasteiger partial charge in [0, 0.05) is 80.5 Å². The fraction of sp³-hybridized carbons (Fsp3) is 0.342. The number of nitrogens with one attached hydrogen (secondary N) is 1. The second kappa shape index (κ2) is 15.3. The highest BCUT2D eigenvalue weighted by atomic mass is 19.1. The van der Waals surface area contributed by atoms with Crippen LogP contribution in [0.2, 0.25) is 0 Å². The second-order valence-corrected chi connectivity index (χ2v) is 12.8. The van der Waals surface area contributed by atoms with Gasteiger partial charge < -0.3 is 33.9 Å². The molecule has 0 spiro atoms. The van der Waals surface area contributed by atoms with Crippen LogP contribution < -0.4 is 19.1 Å². The summed E-state index contributed by atoms with van der Waals surface area (Å²) >= 11 is 0. The van der Waals surface area contributed by atoms with Gasteiger partial charge in [0.2, 0.25) is 5.91 Å². The van der Waals surface area contributed by atoms with E-state index in [0.29, 0.717) is 103 Å². The van der Waals surface area contributed by atoms with Gasteiger partial charge in [0.25, 0.3) is 5.91 Å². The Morgan fingerprint density at radius 1 is 0.925 bits per heavy atom. The SMILES string of the molecule is CCOc1ccc(-c2cc(C3=CCCN(C(=O)CCn4ccnn4)C3)c(F)c3[nH]c(C(=O)N4CCN(c5ncc(F)cc5OC)CC4)cc23)c(OC)c1. The lowest BCUT2D eigenvalue weighted by Gasteiger charge is -2.35. The lowest BCUT2D eigenvalue weighted by Crippen LogP contribution is -2.49. The predicted molar refractivity (Wildman–Crippen MR) is 194 cm³/mol. The molecule has 1 N–H and O–H groups in total. The van der Waals surface area contributed by atoms with E-state index >= 15 is 4.39 Å². The van der Waals surface area contributed by atoms with E-state index in [1.807, 2.05) is 30.0 Å². The maximum Gasteiger partial charge on any atom is 0.270 e. The number of aromatic amines is 1. The van der Waals surface area contributed by atoms with Crippen molar-refractivity contribution >= 4 is 34.1 Å². The summed E-state index contributed by atoms with van der Waals surface area (Å²) in [6, 6.07) is 10.2. The van der Waals surface area contributed by atoms with Crippen molar-refractivity contribution in [3.8, 4) is 28.4 Å². The smallest absolute Gasteiger partial charge is 0.270 e. The summed E-state index contributed by atoms with van der Waals surface area (Å²) in [5.74, 6) is 0.593. The molecule has 1 saturated heterocycles. The zero-order chi connectivity index (χ0) is 37.1. The molecule has 15 heteroatoms. The first-order chi connectivity index (χ1) is 25.8. The molecule has 2 amide bonds. The lowest BCUT2D eigenvalue weighted by atomic mass is 9.92. The third-order valence-corrected chi connectivity index (χ3v) is 9.62. The van der Waals surface area contributed by atoms with Crippen LogP contribution in [-0.2, 0) is 11.3 Å². The topological polar surface area (TPSA) is 131 Å². The fourth-order valence-electron chi connectivity index (χ4n) is 6.95. The highest BCUT2D eigenvalue weighted by Crippen LogP contribution is 2.41. The molecule has 0 bridgehead atoms. The number of aromatic nitrogens is 5. The number of hydrogen-bond acceptors (Lipinski definition) is 9. The molecule has 5 aromatic rings. The summed E-state index contributed by atoms with van der Waals surface area (Å²) in [7, 11) is 3.02. The molecule has 2 aromatic carbocycles. The number of pyridine rings is 1. The van der Waals surface area contributed by atoms with Crippen molar-refractivity contribution in [3.05, 3.63) is 84.0 Å². The number of hydrogen-bond donors (Lipinski definition) is 1. The van der Waals surface area contributed by atoms with Gasteiger partial charge in [0.15, 0.2) is 17.4 Å². The standard InChI is InChI=1S/C38H40F2N8O5/c1-4-53-26-7-8-27(32(19-26)51-2)29-20-28(24-6-5-11-47(23-24)34(49)9-12-48-13-10-42-44-48)35(40)36-30(29)21-31(43-36)38(50)46-16-14-45(15-17-46)37-33(52-3)18-25(39)22-41-37/h6-8,10,13,18-22,43H,4-5,9,11-12,14-17,23H2,1-3H3. The number of piperazine rings is 1. The molecule has 3 aromatic heterocycles. The van der Waals surface area contributed by atoms with Crippen LogP contribution in [0.25, 0.3) is 27.6 Å². The number of nitrogens with zero attached hydrogens (tertiary/aromatic N) is 7. The van der Waals surface area contributed by atoms with Crippen molar-refractivity contribution in [2.45, 2.75) is 26.3 Å². The van der Waals surface area contributed by atoms with Crippen LogP contribution in [0.4, 0.5) is 14.6 Å². The Labute approximate surface area is 304 Å². The molecular weight excluding hydrogens is 686 g/mol. The van der Waals surface area contributed by atoms with Gasteiger partial charge in [-0.3, -0.25) is 14.3 Å². The minimum Gasteiger partial charge on any atom is -0.496 e. The van der Waals surface area contributed by atoms with Gasteiger partial charge in [-0.2, -0.15) is 0 Å². The molecule has 1 fully saturated rings. The number of methoxy groups -OCH3 is 2. The van der Waals surface area contributed by atoms with E-state index in [9.17, 15) is 14.0 Å². The van der Waals surface area contributed by atoms with Crippen molar-refractivity contribution in [2.24, 2.45) is 0 Å². The number of carbonyl (C=O) groups is 2. The highest BCUT2D eigenvalue weighted by Gasteiger charge is 2.29. The number of aryl methyl sites for hydroxylation is 1. The first kappa shape index (κ1) is 35.4. The van der Waals surface area contributed by atoms with Crippen LogP contribution in [0.15, 0.2) is 61.1 Å². The summed E-state index contributed by atoms with van der Waals surface area (Å²) in [5, 5.41) is 8.24. The number of fused-ring (bicyclic) bond motifs is 1. The fourth-order valence-corrected chi connectivity index (χ4v) is 6.95. The monoisotopic (exact) mass is 726 g/mol. The van der Waals surface area contributed by atoms with Crippen molar-refractivity contribution in [2.75, 3.05) is 65.0 Å². The summed E-state index contributed by atoms with van der Waals surface area (Å²) < 4.78 is 49.0. The average Bonchev–Trinajstić information content (AvgIpc) is 3.89. The van der Waals surface area contributed by atoms with E-state index in [1.54, 1.807) is 52.2 Å². The van der Waals surface area contributed by atoms with Crippen molar-refractivity contribution < 1.29 is 32.6 Å². The molecule has 0 saturated carbocycles. The summed E-state index contributed by atoms with van der Waals surface area (Å²) in [5.41, 5.74) is 2.74. The number of ether oxygens (including phenoxy) is 3. The molecule has 0 unspecified atom stereocenters. The molecule has 0 aliphatic carbocycles. The van der Waals surface area contributed by atoms with Crippen LogP contribution in [0.3, 0.4) is 0 Å². The Balaban J connectivity index is 1.21. The van der Waals surface area contributed by atoms with E-state index in [-0.39, 0.29) is 36.0 Å². The van der Waals surface area contributed by atoms with E-state index in [0.717, 1.165) is 6.20 Å². The summed E-state index contributed by atoms with van der Waals surface area (Å²) in [4.78, 5) is 39.9. The van der Waals surface area contributed by atoms with Gasteiger partial charge in [-0.25, -0.2) is 13.8 Å². The minimum atomic E-state index is -0.518. The zero-order valence-corrected chi connectivity index (χ0v) is 29.8. The van der Waals surface area contributed by atoms with Gasteiger partial charge in [-0.1, -0.05) is 11.3 Å². The van der Waals surface area contributed by atoms with Crippen LogP contribution in [-0.4, -0.2) is 107 Å². The zero-order valence-electron chi connectivity index (χ0n) is 29.8. The average molecular weight is 727 g/mol. The van der Waals surface area contributed by atoms with Crippen LogP contribution >= 0.6 is 0 Å². The van der Waals surface area contributed by atoms with Gasteiger partial charge >= 0.3 is 0 Å². The molecule has 5 heterocycles. The quantitative estimate of drug-likeness (QED) is 0.196. The molecular formula is C38H40F2N8O5. The predicted octanol–water partition coefficient (Wildman–Crippen LogP) is 5.18. The molecule has 53 heavy (non-hydrogen) atoms. The molecule has 276 valence electrons. The Kier molecular flexibility index (Phi) is 10.2. The van der Waals surface area contributed by atoms with Crippen LogP contribution in [0, 0.1) is 11.6 Å². The third kappa shape index (κ3) is 7.23. The van der Waals surface area contributed by atoms with Crippen molar-refractivity contribution in [3.63, 3.8) is 0 Å². The number of anilines is 1. The highest BCUT2D eigenvalue weighted by molar-refractivity contribution is 6.05. The molecule has 13 nitrogen and oxygen atoms in total. The lowest BCUT2D eigenvalue weighted by molar-refractivity contribution is -0.131. The largest absolute Gasteiger partial charge is 0.496 e. The van der Waals surface area contributed by atoms with Crippen LogP contribution in [0.1, 0.15) is 35.8 Å². The van der Waals surface area contributed by atoms with E-state index < -0.39 is 11.6 Å². The first-order valence-corrected chi connectivity index (χ1v) is 17.5. The Hall–Kier alpha value is -5.99. The van der Waals surface area contributed by atoms with Gasteiger partial charge in [-0.15, -0.1) is 5.10 Å². The molecule has 2 aliphatic heterocycles. The molecule has 7 rings (SSSR count). The van der Waals surface area contributed by atoms with Gasteiger partial charge in [0.1, 0.15) is 23.0 Å². The summed E-state index contributed by atoms with van der Waals surface area (Å²) in [6.45, 7) is 5.10. The number of benzene rings is 2. The summed E-state index contributed by atoms with van der Waals surface area (Å²) in [6.07, 6.45) is 7.16. The van der Waals surface area contributed by atoms with Crippen molar-refractivity contribution in [1.82, 2.24) is 34.8 Å². The number of carbonyl (C=O) groups excluding carboxylic acids is 2. The third-order valence-electron chi connectivity index (χ3n) is 9.62. The number of amides is 2. The molecule has 0 atom stereocenters. The van der Waals surface area contributed by atoms with E-state index in [4.69, 9.17) is 14.2 Å². The Bertz CT molecular complexity index is 2160. The number of H-pyrrole nitrogens is 1. The first-order valence-electron chi connectivity index (χ1n) is 17.5. The molecule has 2 aliphatic rings. The number of rotatable bonds is 11. The van der Waals surface area contributed by atoms with Crippen LogP contribution in [0.5, 0.6) is 17.2 Å². The Morgan fingerprint density at radius 2 is 1.74 bits per heavy atom. The van der Waals surface area contributed by atoms with Crippen molar-refractivity contribution in [1.29, 1.82) is 0 Å². The minimum absolute atomic E-state index is 0.0671. The van der Waals surface area contributed by atoms with Gasteiger partial charge in [0.05, 0.1) is 45.3 Å². The van der Waals surface area contributed by atoms with E-state index in [1.165, 1.54) is 13.2 Å².